The summed E-state index contributed by atoms with van der Waals surface area (Å²) in [6.07, 6.45) is 8.06. The number of nitriles is 1. The van der Waals surface area contributed by atoms with E-state index in [-0.39, 0.29) is 59.5 Å². The van der Waals surface area contributed by atoms with Gasteiger partial charge in [-0.1, -0.05) is 22.9 Å². The van der Waals surface area contributed by atoms with E-state index in [1.807, 2.05) is 21.0 Å². The molecular formula is C31H54BrClN6O3. The first kappa shape index (κ1) is 34.4. The Kier molecular flexibility index (Phi) is 13.7. The lowest BCUT2D eigenvalue weighted by molar-refractivity contribution is -0.124. The molecule has 9 nitrogen and oxygen atoms in total. The third-order valence-corrected chi connectivity index (χ3v) is 11.1. The summed E-state index contributed by atoms with van der Waals surface area (Å²) in [6.45, 7) is 7.17. The molecule has 1 amide bonds. The van der Waals surface area contributed by atoms with Crippen LogP contribution < -0.4 is 21.3 Å². The highest BCUT2D eigenvalue weighted by atomic mass is 79.9. The maximum atomic E-state index is 12.9. The standard InChI is InChI=1S/C31H54BrClN6O3/c1-5-41-28-15-24-22(14-25(28)38-30(40)7-6-12-39(3)4)31(20(16-34)17-35-24)36-21-9-10-27(23(33)13-21)42-18-26-19(2)8-11-29(32)37-26/h19-29,31,35-37H,5-15,17-18H2,1-4H3,(H,38,40). The Hall–Kier alpha value is -0.510. The number of hydrogen-bond donors (Lipinski definition) is 4. The number of nitrogens with one attached hydrogen (secondary N) is 4. The lowest BCUT2D eigenvalue weighted by atomic mass is 9.69. The first-order valence-electron chi connectivity index (χ1n) is 16.3. The van der Waals surface area contributed by atoms with E-state index < -0.39 is 0 Å². The second-order valence-corrected chi connectivity index (χ2v) is 15.0. The van der Waals surface area contributed by atoms with Crippen LogP contribution in [0.5, 0.6) is 0 Å². The van der Waals surface area contributed by atoms with Crippen molar-refractivity contribution in [2.45, 2.75) is 124 Å². The van der Waals surface area contributed by atoms with Crippen LogP contribution in [-0.2, 0) is 14.3 Å². The fourth-order valence-corrected chi connectivity index (χ4v) is 8.53. The van der Waals surface area contributed by atoms with Gasteiger partial charge in [-0.15, -0.1) is 11.6 Å². The molecule has 4 N–H and O–H groups in total. The van der Waals surface area contributed by atoms with E-state index in [0.717, 1.165) is 51.5 Å². The van der Waals surface area contributed by atoms with Crippen molar-refractivity contribution in [2.24, 2.45) is 17.8 Å². The molecule has 42 heavy (non-hydrogen) atoms. The van der Waals surface area contributed by atoms with Crippen LogP contribution in [0.3, 0.4) is 0 Å². The lowest BCUT2D eigenvalue weighted by Gasteiger charge is -2.50. The Morgan fingerprint density at radius 2 is 1.95 bits per heavy atom. The van der Waals surface area contributed by atoms with Gasteiger partial charge in [-0.3, -0.25) is 10.1 Å². The largest absolute Gasteiger partial charge is 0.376 e. The molecule has 240 valence electrons. The van der Waals surface area contributed by atoms with E-state index in [4.69, 9.17) is 21.1 Å². The van der Waals surface area contributed by atoms with Crippen molar-refractivity contribution >= 4 is 33.4 Å². The molecule has 12 unspecified atom stereocenters. The molecule has 12 atom stereocenters. The zero-order valence-electron chi connectivity index (χ0n) is 26.0. The number of fused-ring (bicyclic) bond motifs is 1. The quantitative estimate of drug-likeness (QED) is 0.185. The van der Waals surface area contributed by atoms with Gasteiger partial charge < -0.3 is 30.3 Å². The minimum absolute atomic E-state index is 0.0261. The number of nitrogens with zero attached hydrogens (tertiary/aromatic N) is 2. The van der Waals surface area contributed by atoms with Crippen LogP contribution >= 0.6 is 27.5 Å². The molecule has 11 heteroatoms. The van der Waals surface area contributed by atoms with Gasteiger partial charge in [0.1, 0.15) is 0 Å². The fraction of sp³-hybridized carbons (Fsp3) is 0.935. The van der Waals surface area contributed by atoms with E-state index in [0.29, 0.717) is 43.1 Å². The molecule has 0 aromatic heterocycles. The van der Waals surface area contributed by atoms with E-state index in [9.17, 15) is 10.1 Å². The molecule has 4 rings (SSSR count). The number of rotatable bonds is 12. The number of carbonyl (C=O) groups is 1. The smallest absolute Gasteiger partial charge is 0.220 e. The molecule has 2 saturated heterocycles. The average Bonchev–Trinajstić information content (AvgIpc) is 2.95. The van der Waals surface area contributed by atoms with Gasteiger partial charge >= 0.3 is 0 Å². The van der Waals surface area contributed by atoms with Crippen molar-refractivity contribution in [3.05, 3.63) is 0 Å². The Balaban J connectivity index is 1.34. The van der Waals surface area contributed by atoms with Crippen LogP contribution in [-0.4, -0.2) is 104 Å². The topological polar surface area (TPSA) is 111 Å². The molecule has 2 saturated carbocycles. The van der Waals surface area contributed by atoms with Crippen molar-refractivity contribution in [1.82, 2.24) is 26.2 Å². The molecule has 2 aliphatic carbocycles. The van der Waals surface area contributed by atoms with Crippen LogP contribution in [0.1, 0.15) is 71.6 Å². The van der Waals surface area contributed by atoms with E-state index in [1.54, 1.807) is 0 Å². The number of halogens is 2. The van der Waals surface area contributed by atoms with Gasteiger partial charge in [-0.05, 0) is 90.8 Å². The van der Waals surface area contributed by atoms with Gasteiger partial charge in [0.15, 0.2) is 0 Å². The molecular weight excluding hydrogens is 620 g/mol. The zero-order valence-corrected chi connectivity index (χ0v) is 28.3. The molecule has 2 aliphatic heterocycles. The molecule has 0 radical (unpaired) electrons. The highest BCUT2D eigenvalue weighted by Gasteiger charge is 2.47. The first-order valence-corrected chi connectivity index (χ1v) is 17.6. The van der Waals surface area contributed by atoms with Crippen LogP contribution in [0, 0.1) is 29.1 Å². The third-order valence-electron chi connectivity index (χ3n) is 9.96. The fourth-order valence-electron chi connectivity index (χ4n) is 7.51. The zero-order chi connectivity index (χ0) is 30.2. The highest BCUT2D eigenvalue weighted by molar-refractivity contribution is 9.09. The summed E-state index contributed by atoms with van der Waals surface area (Å²) in [7, 11) is 4.05. The van der Waals surface area contributed by atoms with Crippen LogP contribution in [0.25, 0.3) is 0 Å². The van der Waals surface area contributed by atoms with Crippen molar-refractivity contribution in [1.29, 1.82) is 5.26 Å². The molecule has 0 spiro atoms. The highest BCUT2D eigenvalue weighted by Crippen LogP contribution is 2.37. The van der Waals surface area contributed by atoms with Crippen molar-refractivity contribution in [3.8, 4) is 6.07 Å². The minimum atomic E-state index is -0.134. The number of hydrogen-bond acceptors (Lipinski definition) is 8. The summed E-state index contributed by atoms with van der Waals surface area (Å²) in [5.41, 5.74) is 0. The molecule has 2 heterocycles. The van der Waals surface area contributed by atoms with E-state index in [2.05, 4.69) is 55.1 Å². The predicted octanol–water partition coefficient (Wildman–Crippen LogP) is 3.35. The molecule has 4 aliphatic rings. The summed E-state index contributed by atoms with van der Waals surface area (Å²) in [5.74, 6) is 0.768. The second-order valence-electron chi connectivity index (χ2n) is 13.3. The maximum Gasteiger partial charge on any atom is 0.220 e. The molecule has 0 bridgehead atoms. The lowest BCUT2D eigenvalue weighted by Crippen LogP contribution is -2.66. The summed E-state index contributed by atoms with van der Waals surface area (Å²) in [4.78, 5) is 15.3. The van der Waals surface area contributed by atoms with E-state index in [1.165, 1.54) is 6.42 Å². The summed E-state index contributed by atoms with van der Waals surface area (Å²) in [6, 6.07) is 3.41. The minimum Gasteiger partial charge on any atom is -0.376 e. The number of piperidine rings is 2. The molecule has 0 aromatic carbocycles. The van der Waals surface area contributed by atoms with Crippen molar-refractivity contribution in [3.63, 3.8) is 0 Å². The second kappa shape index (κ2) is 16.7. The van der Waals surface area contributed by atoms with Gasteiger partial charge in [0.05, 0.1) is 47.2 Å². The number of alkyl halides is 2. The first-order chi connectivity index (χ1) is 20.2. The number of ether oxygens (including phenoxy) is 2. The van der Waals surface area contributed by atoms with Gasteiger partial charge in [-0.2, -0.15) is 5.26 Å². The predicted molar refractivity (Wildman–Crippen MR) is 171 cm³/mol. The third kappa shape index (κ3) is 9.50. The van der Waals surface area contributed by atoms with Gasteiger partial charge in [0, 0.05) is 43.7 Å². The summed E-state index contributed by atoms with van der Waals surface area (Å²) >= 11 is 10.6. The Morgan fingerprint density at radius 3 is 2.67 bits per heavy atom. The van der Waals surface area contributed by atoms with Gasteiger partial charge in [0.2, 0.25) is 5.91 Å². The maximum absolute atomic E-state index is 12.9. The number of carbonyl (C=O) groups excluding carboxylic acids is 1. The summed E-state index contributed by atoms with van der Waals surface area (Å²) in [5, 5.41) is 24.6. The monoisotopic (exact) mass is 672 g/mol. The van der Waals surface area contributed by atoms with Crippen molar-refractivity contribution in [2.75, 3.05) is 40.4 Å². The van der Waals surface area contributed by atoms with Crippen LogP contribution in [0.2, 0.25) is 0 Å². The Morgan fingerprint density at radius 1 is 1.14 bits per heavy atom. The Labute approximate surface area is 267 Å². The normalized spacial score (nSPS) is 40.7. The SMILES string of the molecule is CCOC1CC2NCC(C#N)C(NC3CCC(OCC4NC(Br)CCC4C)C(Cl)C3)C2CC1NC(=O)CCCN(C)C. The average molecular weight is 674 g/mol. The van der Waals surface area contributed by atoms with E-state index >= 15 is 0 Å². The molecule has 0 aromatic rings. The Bertz CT molecular complexity index is 895. The van der Waals surface area contributed by atoms with Gasteiger partial charge in [0.25, 0.3) is 0 Å². The van der Waals surface area contributed by atoms with Crippen LogP contribution in [0.4, 0.5) is 0 Å². The van der Waals surface area contributed by atoms with Crippen molar-refractivity contribution < 1.29 is 14.3 Å². The summed E-state index contributed by atoms with van der Waals surface area (Å²) < 4.78 is 12.5. The van der Waals surface area contributed by atoms with Gasteiger partial charge in [-0.25, -0.2) is 0 Å². The molecule has 4 fully saturated rings. The number of amides is 1. The van der Waals surface area contributed by atoms with Crippen LogP contribution in [0.15, 0.2) is 0 Å².